The lowest BCUT2D eigenvalue weighted by Gasteiger charge is -2.27. The van der Waals surface area contributed by atoms with Gasteiger partial charge in [-0.3, -0.25) is 4.79 Å². The van der Waals surface area contributed by atoms with Crippen LogP contribution in [0.4, 0.5) is 0 Å². The predicted molar refractivity (Wildman–Crippen MR) is 81.5 cm³/mol. The molecule has 0 unspecified atom stereocenters. The average Bonchev–Trinajstić information content (AvgIpc) is 3.15. The van der Waals surface area contributed by atoms with E-state index in [2.05, 4.69) is 12.1 Å². The van der Waals surface area contributed by atoms with Gasteiger partial charge in [-0.2, -0.15) is 0 Å². The van der Waals surface area contributed by atoms with Gasteiger partial charge < -0.3 is 13.8 Å². The van der Waals surface area contributed by atoms with E-state index in [1.54, 1.807) is 12.1 Å². The Labute approximate surface area is 130 Å². The van der Waals surface area contributed by atoms with Crippen molar-refractivity contribution in [3.63, 3.8) is 0 Å². The highest BCUT2D eigenvalue weighted by Crippen LogP contribution is 2.31. The fourth-order valence-corrected chi connectivity index (χ4v) is 3.05. The molecule has 2 aromatic heterocycles. The molecule has 1 fully saturated rings. The third kappa shape index (κ3) is 3.08. The number of aryl methyl sites for hydroxylation is 1. The first-order chi connectivity index (χ1) is 10.8. The fraction of sp³-hybridized carbons (Fsp3) is 0.529. The Morgan fingerprint density at radius 3 is 3.09 bits per heavy atom. The largest absolute Gasteiger partial charge is 0.459 e. The third-order valence-electron chi connectivity index (χ3n) is 4.16. The standard InChI is InChI=1S/C17H22N2O3/c1-2-7-13-12-14(18-22-13)15-8-4-3-5-10-19(15)17(20)16-9-6-11-21-16/h6,9,11-12,15H,2-5,7-8,10H2,1H3/t15-/m0/s1. The van der Waals surface area contributed by atoms with Gasteiger partial charge in [0.25, 0.3) is 5.91 Å². The highest BCUT2D eigenvalue weighted by molar-refractivity contribution is 5.91. The quantitative estimate of drug-likeness (QED) is 0.857. The van der Waals surface area contributed by atoms with Crippen molar-refractivity contribution in [2.45, 2.75) is 51.5 Å². The molecule has 3 heterocycles. The van der Waals surface area contributed by atoms with Crippen molar-refractivity contribution in [1.29, 1.82) is 0 Å². The highest BCUT2D eigenvalue weighted by Gasteiger charge is 2.30. The summed E-state index contributed by atoms with van der Waals surface area (Å²) in [6.07, 6.45) is 7.61. The van der Waals surface area contributed by atoms with Crippen molar-refractivity contribution in [2.24, 2.45) is 0 Å². The zero-order chi connectivity index (χ0) is 15.4. The van der Waals surface area contributed by atoms with Crippen LogP contribution in [-0.2, 0) is 6.42 Å². The van der Waals surface area contributed by atoms with Crippen LogP contribution in [0.2, 0.25) is 0 Å². The van der Waals surface area contributed by atoms with E-state index in [1.807, 2.05) is 11.0 Å². The first kappa shape index (κ1) is 14.9. The van der Waals surface area contributed by atoms with Crippen LogP contribution in [0.5, 0.6) is 0 Å². The molecular formula is C17H22N2O3. The van der Waals surface area contributed by atoms with E-state index in [9.17, 15) is 4.79 Å². The smallest absolute Gasteiger partial charge is 0.290 e. The summed E-state index contributed by atoms with van der Waals surface area (Å²) >= 11 is 0. The Bertz CT molecular complexity index is 603. The van der Waals surface area contributed by atoms with Crippen molar-refractivity contribution in [3.8, 4) is 0 Å². The predicted octanol–water partition coefficient (Wildman–Crippen LogP) is 3.98. The van der Waals surface area contributed by atoms with Crippen LogP contribution in [0.15, 0.2) is 33.4 Å². The maximum Gasteiger partial charge on any atom is 0.290 e. The molecular weight excluding hydrogens is 280 g/mol. The van der Waals surface area contributed by atoms with Gasteiger partial charge in [0.15, 0.2) is 5.76 Å². The van der Waals surface area contributed by atoms with Gasteiger partial charge in [-0.05, 0) is 31.4 Å². The van der Waals surface area contributed by atoms with Crippen LogP contribution in [-0.4, -0.2) is 22.5 Å². The van der Waals surface area contributed by atoms with E-state index in [-0.39, 0.29) is 11.9 Å². The van der Waals surface area contributed by atoms with Crippen molar-refractivity contribution in [1.82, 2.24) is 10.1 Å². The number of aromatic nitrogens is 1. The van der Waals surface area contributed by atoms with Crippen molar-refractivity contribution in [2.75, 3.05) is 6.54 Å². The van der Waals surface area contributed by atoms with E-state index >= 15 is 0 Å². The summed E-state index contributed by atoms with van der Waals surface area (Å²) in [5, 5.41) is 4.21. The first-order valence-corrected chi connectivity index (χ1v) is 8.09. The number of amides is 1. The summed E-state index contributed by atoms with van der Waals surface area (Å²) in [7, 11) is 0. The lowest BCUT2D eigenvalue weighted by atomic mass is 10.1. The normalized spacial score (nSPS) is 19.1. The molecule has 0 radical (unpaired) electrons. The average molecular weight is 302 g/mol. The SMILES string of the molecule is CCCc1cc([C@@H]2CCCCCN2C(=O)c2ccco2)no1. The summed E-state index contributed by atoms with van der Waals surface area (Å²) in [5.74, 6) is 1.23. The number of furan rings is 1. The molecule has 1 aliphatic rings. The van der Waals surface area contributed by atoms with E-state index in [0.29, 0.717) is 5.76 Å². The maximum atomic E-state index is 12.7. The Kier molecular flexibility index (Phi) is 4.61. The minimum Gasteiger partial charge on any atom is -0.459 e. The van der Waals surface area contributed by atoms with Crippen molar-refractivity contribution >= 4 is 5.91 Å². The number of likely N-dealkylation sites (tertiary alicyclic amines) is 1. The Morgan fingerprint density at radius 2 is 2.32 bits per heavy atom. The van der Waals surface area contributed by atoms with Gasteiger partial charge in [-0.25, -0.2) is 0 Å². The van der Waals surface area contributed by atoms with E-state index in [4.69, 9.17) is 8.94 Å². The zero-order valence-electron chi connectivity index (χ0n) is 13.0. The molecule has 2 aromatic rings. The molecule has 1 atom stereocenters. The topological polar surface area (TPSA) is 59.5 Å². The van der Waals surface area contributed by atoms with Gasteiger partial charge in [0.05, 0.1) is 12.3 Å². The van der Waals surface area contributed by atoms with E-state index in [1.165, 1.54) is 6.26 Å². The molecule has 0 spiro atoms. The lowest BCUT2D eigenvalue weighted by Crippen LogP contribution is -2.34. The Balaban J connectivity index is 1.85. The molecule has 118 valence electrons. The molecule has 0 N–H and O–H groups in total. The first-order valence-electron chi connectivity index (χ1n) is 8.09. The fourth-order valence-electron chi connectivity index (χ4n) is 3.05. The second kappa shape index (κ2) is 6.81. The molecule has 5 heteroatoms. The molecule has 5 nitrogen and oxygen atoms in total. The molecule has 1 saturated heterocycles. The van der Waals surface area contributed by atoms with Gasteiger partial charge in [-0.15, -0.1) is 0 Å². The summed E-state index contributed by atoms with van der Waals surface area (Å²) in [4.78, 5) is 14.6. The molecule has 0 aromatic carbocycles. The van der Waals surface area contributed by atoms with Gasteiger partial charge in [0, 0.05) is 19.0 Å². The van der Waals surface area contributed by atoms with Crippen LogP contribution in [0.3, 0.4) is 0 Å². The molecule has 3 rings (SSSR count). The molecule has 0 aliphatic carbocycles. The number of rotatable bonds is 4. The highest BCUT2D eigenvalue weighted by atomic mass is 16.5. The van der Waals surface area contributed by atoms with Gasteiger partial charge in [0.1, 0.15) is 11.5 Å². The number of hydrogen-bond donors (Lipinski definition) is 0. The van der Waals surface area contributed by atoms with Gasteiger partial charge in [-0.1, -0.05) is 24.9 Å². The van der Waals surface area contributed by atoms with Crippen LogP contribution < -0.4 is 0 Å². The van der Waals surface area contributed by atoms with Gasteiger partial charge >= 0.3 is 0 Å². The summed E-state index contributed by atoms with van der Waals surface area (Å²) < 4.78 is 10.7. The van der Waals surface area contributed by atoms with Crippen molar-refractivity contribution in [3.05, 3.63) is 41.7 Å². The maximum absolute atomic E-state index is 12.7. The number of carbonyl (C=O) groups excluding carboxylic acids is 1. The van der Waals surface area contributed by atoms with Crippen LogP contribution in [0.1, 0.15) is 67.1 Å². The van der Waals surface area contributed by atoms with Crippen LogP contribution in [0, 0.1) is 0 Å². The lowest BCUT2D eigenvalue weighted by molar-refractivity contribution is 0.0641. The summed E-state index contributed by atoms with van der Waals surface area (Å²) in [6, 6.07) is 5.45. The number of hydrogen-bond acceptors (Lipinski definition) is 4. The Hall–Kier alpha value is -2.04. The Morgan fingerprint density at radius 1 is 1.41 bits per heavy atom. The molecule has 0 bridgehead atoms. The summed E-state index contributed by atoms with van der Waals surface area (Å²) in [6.45, 7) is 2.85. The third-order valence-corrected chi connectivity index (χ3v) is 4.16. The van der Waals surface area contributed by atoms with Crippen molar-refractivity contribution < 1.29 is 13.7 Å². The second-order valence-corrected chi connectivity index (χ2v) is 5.81. The summed E-state index contributed by atoms with van der Waals surface area (Å²) in [5.41, 5.74) is 0.866. The molecule has 1 amide bonds. The van der Waals surface area contributed by atoms with E-state index < -0.39 is 0 Å². The van der Waals surface area contributed by atoms with Gasteiger partial charge in [0.2, 0.25) is 0 Å². The monoisotopic (exact) mass is 302 g/mol. The van der Waals surface area contributed by atoms with Crippen LogP contribution in [0.25, 0.3) is 0 Å². The number of nitrogens with zero attached hydrogens (tertiary/aromatic N) is 2. The second-order valence-electron chi connectivity index (χ2n) is 5.81. The molecule has 0 saturated carbocycles. The zero-order valence-corrected chi connectivity index (χ0v) is 13.0. The minimum atomic E-state index is -0.0584. The molecule has 1 aliphatic heterocycles. The number of carbonyl (C=O) groups is 1. The van der Waals surface area contributed by atoms with Crippen LogP contribution >= 0.6 is 0 Å². The minimum absolute atomic E-state index is 0.0190. The van der Waals surface area contributed by atoms with E-state index in [0.717, 1.165) is 56.5 Å². The molecule has 22 heavy (non-hydrogen) atoms.